The van der Waals surface area contributed by atoms with Crippen molar-refractivity contribution in [1.29, 1.82) is 0 Å². The molecular formula is C29H36N8O6S. The second-order valence-corrected chi connectivity index (χ2v) is 11.7. The zero-order chi connectivity index (χ0) is 31.8. The molecule has 1 aromatic carbocycles. The molecule has 3 heterocycles. The lowest BCUT2D eigenvalue weighted by atomic mass is 10.0. The van der Waals surface area contributed by atoms with Gasteiger partial charge in [-0.2, -0.15) is 0 Å². The molecule has 0 aliphatic carbocycles. The standard InChI is InChI=1S/C29H36N8O6S/c1-17(2)24-28-34-21(16-44-28)26(41)32-19(12-18-8-6-5-7-9-18)27-33-20(15-43-27)25(40)30-10-11-37(14-22(38)35-24)23(39)13-31-29(42)36(3)4/h5-9,15-17,19,24H,10-14H2,1-4H3,(H,30,40)(H,31,42)(H,32,41)(H,35,38)/t19-,24-/m0/s1. The van der Waals surface area contributed by atoms with E-state index in [4.69, 9.17) is 4.42 Å². The van der Waals surface area contributed by atoms with Crippen molar-refractivity contribution in [3.05, 3.63) is 69.8 Å². The zero-order valence-corrected chi connectivity index (χ0v) is 25.8. The molecule has 234 valence electrons. The Kier molecular flexibility index (Phi) is 10.7. The van der Waals surface area contributed by atoms with Gasteiger partial charge in [0, 0.05) is 39.0 Å². The fraction of sp³-hybridized carbons (Fsp3) is 0.414. The van der Waals surface area contributed by atoms with Crippen LogP contribution >= 0.6 is 11.3 Å². The van der Waals surface area contributed by atoms with Gasteiger partial charge in [0.1, 0.15) is 23.0 Å². The largest absolute Gasteiger partial charge is 0.446 e. The first kappa shape index (κ1) is 32.1. The van der Waals surface area contributed by atoms with Crippen molar-refractivity contribution in [2.45, 2.75) is 32.4 Å². The highest BCUT2D eigenvalue weighted by molar-refractivity contribution is 7.09. The van der Waals surface area contributed by atoms with Crippen LogP contribution in [0.15, 0.2) is 46.4 Å². The summed E-state index contributed by atoms with van der Waals surface area (Å²) in [6, 6.07) is 7.75. The third-order valence-electron chi connectivity index (χ3n) is 6.80. The molecule has 3 aromatic rings. The topological polar surface area (TPSA) is 179 Å². The van der Waals surface area contributed by atoms with E-state index in [-0.39, 0.29) is 49.4 Å². The molecule has 1 aliphatic rings. The molecule has 0 fully saturated rings. The van der Waals surface area contributed by atoms with Gasteiger partial charge in [0.15, 0.2) is 5.69 Å². The van der Waals surface area contributed by atoms with E-state index < -0.39 is 41.7 Å². The summed E-state index contributed by atoms with van der Waals surface area (Å²) < 4.78 is 5.65. The Morgan fingerprint density at radius 1 is 1.09 bits per heavy atom. The van der Waals surface area contributed by atoms with Crippen LogP contribution in [0.1, 0.15) is 63.4 Å². The van der Waals surface area contributed by atoms with E-state index in [1.54, 1.807) is 19.5 Å². The van der Waals surface area contributed by atoms with Gasteiger partial charge in [-0.25, -0.2) is 14.8 Å². The smallest absolute Gasteiger partial charge is 0.317 e. The molecule has 2 aromatic heterocycles. The van der Waals surface area contributed by atoms with E-state index in [0.29, 0.717) is 11.4 Å². The quantitative estimate of drug-likeness (QED) is 0.330. The maximum absolute atomic E-state index is 13.3. The number of aromatic nitrogens is 2. The second-order valence-electron chi connectivity index (χ2n) is 10.8. The first-order chi connectivity index (χ1) is 21.0. The first-order valence-electron chi connectivity index (χ1n) is 14.1. The zero-order valence-electron chi connectivity index (χ0n) is 25.0. The van der Waals surface area contributed by atoms with E-state index >= 15 is 0 Å². The van der Waals surface area contributed by atoms with Crippen molar-refractivity contribution in [2.24, 2.45) is 5.92 Å². The summed E-state index contributed by atoms with van der Waals surface area (Å²) in [5, 5.41) is 13.2. The van der Waals surface area contributed by atoms with Crippen molar-refractivity contribution in [3.8, 4) is 0 Å². The van der Waals surface area contributed by atoms with Gasteiger partial charge in [-0.05, 0) is 11.5 Å². The molecule has 2 atom stereocenters. The number of benzene rings is 1. The highest BCUT2D eigenvalue weighted by Crippen LogP contribution is 2.26. The third kappa shape index (κ3) is 8.40. The maximum atomic E-state index is 13.3. The van der Waals surface area contributed by atoms with Gasteiger partial charge in [0.2, 0.25) is 17.7 Å². The van der Waals surface area contributed by atoms with Gasteiger partial charge in [-0.15, -0.1) is 11.3 Å². The van der Waals surface area contributed by atoms with Crippen LogP contribution in [0.4, 0.5) is 4.79 Å². The maximum Gasteiger partial charge on any atom is 0.317 e. The molecule has 4 rings (SSSR count). The van der Waals surface area contributed by atoms with Gasteiger partial charge < -0.3 is 35.5 Å². The SMILES string of the molecule is CC(C)[C@@H]1NC(=O)CN(C(=O)CNC(=O)N(C)C)CCNC(=O)c2coc(n2)[C@H](Cc2ccccc2)NC(=O)c2csc1n2. The average Bonchev–Trinajstić information content (AvgIpc) is 3.68. The molecule has 0 saturated heterocycles. The number of hydrogen-bond donors (Lipinski definition) is 4. The third-order valence-corrected chi connectivity index (χ3v) is 7.72. The molecule has 4 N–H and O–H groups in total. The van der Waals surface area contributed by atoms with E-state index in [1.165, 1.54) is 27.4 Å². The Hall–Kier alpha value is -4.79. The van der Waals surface area contributed by atoms with Crippen molar-refractivity contribution >= 4 is 41.0 Å². The number of amides is 6. The van der Waals surface area contributed by atoms with E-state index in [9.17, 15) is 24.0 Å². The molecule has 0 spiro atoms. The summed E-state index contributed by atoms with van der Waals surface area (Å²) in [6.07, 6.45) is 1.54. The van der Waals surface area contributed by atoms with Crippen LogP contribution in [0.25, 0.3) is 0 Å². The van der Waals surface area contributed by atoms with Crippen LogP contribution in [0.3, 0.4) is 0 Å². The predicted molar refractivity (Wildman–Crippen MR) is 161 cm³/mol. The predicted octanol–water partition coefficient (Wildman–Crippen LogP) is 1.50. The van der Waals surface area contributed by atoms with Crippen LogP contribution < -0.4 is 21.3 Å². The van der Waals surface area contributed by atoms with Crippen molar-refractivity contribution in [1.82, 2.24) is 41.0 Å². The Morgan fingerprint density at radius 2 is 1.84 bits per heavy atom. The number of urea groups is 1. The fourth-order valence-corrected chi connectivity index (χ4v) is 5.40. The van der Waals surface area contributed by atoms with Crippen molar-refractivity contribution < 1.29 is 28.4 Å². The number of carbonyl (C=O) groups excluding carboxylic acids is 5. The number of carbonyl (C=O) groups is 5. The molecule has 1 aliphatic heterocycles. The summed E-state index contributed by atoms with van der Waals surface area (Å²) in [4.78, 5) is 75.9. The fourth-order valence-electron chi connectivity index (χ4n) is 4.38. The van der Waals surface area contributed by atoms with Gasteiger partial charge in [0.25, 0.3) is 11.8 Å². The molecule has 6 amide bonds. The highest BCUT2D eigenvalue weighted by Gasteiger charge is 2.28. The Balaban J connectivity index is 1.63. The summed E-state index contributed by atoms with van der Waals surface area (Å²) in [5.41, 5.74) is 1.05. The molecule has 4 bridgehead atoms. The number of nitrogens with zero attached hydrogens (tertiary/aromatic N) is 4. The minimum Gasteiger partial charge on any atom is -0.446 e. The molecule has 44 heavy (non-hydrogen) atoms. The first-order valence-corrected chi connectivity index (χ1v) is 15.0. The van der Waals surface area contributed by atoms with Gasteiger partial charge in [-0.1, -0.05) is 44.2 Å². The number of thiazole rings is 1. The lowest BCUT2D eigenvalue weighted by Crippen LogP contribution is -2.49. The van der Waals surface area contributed by atoms with Crippen LogP contribution in [-0.2, 0) is 16.0 Å². The number of rotatable bonds is 5. The summed E-state index contributed by atoms with van der Waals surface area (Å²) in [6.45, 7) is 3.12. The lowest BCUT2D eigenvalue weighted by molar-refractivity contribution is -0.135. The van der Waals surface area contributed by atoms with Crippen molar-refractivity contribution in [3.63, 3.8) is 0 Å². The Bertz CT molecular complexity index is 1490. The van der Waals surface area contributed by atoms with Gasteiger partial charge in [-0.3, -0.25) is 19.2 Å². The molecule has 14 nitrogen and oxygen atoms in total. The van der Waals surface area contributed by atoms with E-state index in [2.05, 4.69) is 31.2 Å². The minimum absolute atomic E-state index is 0.00466. The number of oxazole rings is 1. The van der Waals surface area contributed by atoms with E-state index in [1.807, 2.05) is 44.2 Å². The summed E-state index contributed by atoms with van der Waals surface area (Å²) in [7, 11) is 3.08. The van der Waals surface area contributed by atoms with Crippen LogP contribution in [0.2, 0.25) is 0 Å². The Morgan fingerprint density at radius 3 is 2.55 bits per heavy atom. The van der Waals surface area contributed by atoms with E-state index in [0.717, 1.165) is 5.56 Å². The molecule has 0 saturated carbocycles. The second kappa shape index (κ2) is 14.6. The molecule has 0 radical (unpaired) electrons. The normalized spacial score (nSPS) is 18.0. The monoisotopic (exact) mass is 624 g/mol. The van der Waals surface area contributed by atoms with Crippen LogP contribution in [0.5, 0.6) is 0 Å². The van der Waals surface area contributed by atoms with Crippen molar-refractivity contribution in [2.75, 3.05) is 40.3 Å². The minimum atomic E-state index is -0.707. The summed E-state index contributed by atoms with van der Waals surface area (Å²) >= 11 is 1.23. The molecule has 0 unspecified atom stereocenters. The van der Waals surface area contributed by atoms with Crippen LogP contribution in [-0.4, -0.2) is 89.7 Å². The summed E-state index contributed by atoms with van der Waals surface area (Å²) in [5.74, 6) is -1.96. The van der Waals surface area contributed by atoms with Gasteiger partial charge >= 0.3 is 6.03 Å². The highest BCUT2D eigenvalue weighted by atomic mass is 32.1. The number of hydrogen-bond acceptors (Lipinski definition) is 9. The van der Waals surface area contributed by atoms with Gasteiger partial charge in [0.05, 0.1) is 19.1 Å². The number of fused-ring (bicyclic) bond motifs is 4. The van der Waals surface area contributed by atoms with Crippen LogP contribution in [0, 0.1) is 5.92 Å². The molecule has 15 heteroatoms. The average molecular weight is 625 g/mol. The molecular weight excluding hydrogens is 588 g/mol. The Labute approximate surface area is 258 Å². The number of nitrogens with one attached hydrogen (secondary N) is 4. The lowest BCUT2D eigenvalue weighted by Gasteiger charge is -2.25.